The molecule has 1 saturated heterocycles. The molecule has 2 aliphatic heterocycles. The normalized spacial score (nSPS) is 16.9. The smallest absolute Gasteiger partial charge is 0.274 e. The molecule has 1 amide bonds. The minimum atomic E-state index is -0.222. The molecule has 1 aromatic heterocycles. The van der Waals surface area contributed by atoms with Crippen LogP contribution in [0.4, 0.5) is 4.39 Å². The van der Waals surface area contributed by atoms with Crippen LogP contribution in [0.2, 0.25) is 0 Å². The molecule has 1 aromatic carbocycles. The number of benzene rings is 1. The maximum absolute atomic E-state index is 14.0. The number of rotatable bonds is 1. The predicted molar refractivity (Wildman–Crippen MR) is 84.9 cm³/mol. The van der Waals surface area contributed by atoms with Gasteiger partial charge in [0.05, 0.1) is 23.8 Å². The van der Waals surface area contributed by atoms with Crippen LogP contribution in [0.25, 0.3) is 11.3 Å². The number of carbonyl (C=O) groups excluding carboxylic acids is 1. The number of thioether (sulfide) groups is 1. The van der Waals surface area contributed by atoms with E-state index in [4.69, 9.17) is 4.74 Å². The summed E-state index contributed by atoms with van der Waals surface area (Å²) < 4.78 is 21.0. The van der Waals surface area contributed by atoms with E-state index in [0.29, 0.717) is 42.6 Å². The summed E-state index contributed by atoms with van der Waals surface area (Å²) in [7, 11) is 1.81. The highest BCUT2D eigenvalue weighted by molar-refractivity contribution is 7.98. The van der Waals surface area contributed by atoms with Crippen LogP contribution in [0.5, 0.6) is 0 Å². The van der Waals surface area contributed by atoms with Gasteiger partial charge in [-0.05, 0) is 6.07 Å². The van der Waals surface area contributed by atoms with Crippen LogP contribution < -0.4 is 0 Å². The Balaban J connectivity index is 1.78. The molecule has 120 valence electrons. The van der Waals surface area contributed by atoms with Gasteiger partial charge in [-0.15, -0.1) is 11.8 Å². The Morgan fingerprint density at radius 1 is 1.35 bits per heavy atom. The second-order valence-electron chi connectivity index (χ2n) is 5.61. The number of halogens is 1. The maximum Gasteiger partial charge on any atom is 0.274 e. The zero-order valence-electron chi connectivity index (χ0n) is 12.7. The summed E-state index contributed by atoms with van der Waals surface area (Å²) in [4.78, 5) is 15.2. The van der Waals surface area contributed by atoms with E-state index in [0.717, 1.165) is 16.8 Å². The van der Waals surface area contributed by atoms with Gasteiger partial charge < -0.3 is 9.64 Å². The number of amides is 1. The van der Waals surface area contributed by atoms with E-state index in [1.807, 2.05) is 6.07 Å². The third-order valence-electron chi connectivity index (χ3n) is 4.23. The summed E-state index contributed by atoms with van der Waals surface area (Å²) in [5, 5.41) is 4.44. The molecular formula is C16H16FN3O2S. The molecule has 1 fully saturated rings. The SMILES string of the molecule is Cn1nc(C(=O)N2CCOCC2)c2c1-c1cccc(F)c1SC2. The van der Waals surface area contributed by atoms with E-state index in [9.17, 15) is 9.18 Å². The lowest BCUT2D eigenvalue weighted by atomic mass is 10.0. The molecule has 0 unspecified atom stereocenters. The molecule has 0 aliphatic carbocycles. The maximum atomic E-state index is 14.0. The fraction of sp³-hybridized carbons (Fsp3) is 0.375. The number of carbonyl (C=O) groups is 1. The van der Waals surface area contributed by atoms with Crippen molar-refractivity contribution in [1.82, 2.24) is 14.7 Å². The lowest BCUT2D eigenvalue weighted by Gasteiger charge is -2.26. The Morgan fingerprint density at radius 3 is 2.91 bits per heavy atom. The Bertz CT molecular complexity index is 784. The van der Waals surface area contributed by atoms with E-state index in [1.54, 1.807) is 22.7 Å². The summed E-state index contributed by atoms with van der Waals surface area (Å²) in [5.41, 5.74) is 3.03. The van der Waals surface area contributed by atoms with Crippen molar-refractivity contribution in [2.45, 2.75) is 10.6 Å². The zero-order chi connectivity index (χ0) is 16.0. The first-order chi connectivity index (χ1) is 11.2. The van der Waals surface area contributed by atoms with Gasteiger partial charge in [0, 0.05) is 37.0 Å². The van der Waals surface area contributed by atoms with Crippen molar-refractivity contribution in [3.05, 3.63) is 35.3 Å². The number of aryl methyl sites for hydroxylation is 1. The van der Waals surface area contributed by atoms with Crippen LogP contribution in [0.15, 0.2) is 23.1 Å². The Labute approximate surface area is 137 Å². The van der Waals surface area contributed by atoms with E-state index < -0.39 is 0 Å². The summed E-state index contributed by atoms with van der Waals surface area (Å²) >= 11 is 1.43. The molecule has 0 atom stereocenters. The molecule has 0 bridgehead atoms. The quantitative estimate of drug-likeness (QED) is 0.803. The van der Waals surface area contributed by atoms with E-state index in [1.165, 1.54) is 17.8 Å². The first kappa shape index (κ1) is 14.7. The molecule has 3 heterocycles. The van der Waals surface area contributed by atoms with Gasteiger partial charge in [0.15, 0.2) is 5.69 Å². The lowest BCUT2D eigenvalue weighted by Crippen LogP contribution is -2.41. The largest absolute Gasteiger partial charge is 0.378 e. The van der Waals surface area contributed by atoms with Crippen molar-refractivity contribution in [3.63, 3.8) is 0 Å². The van der Waals surface area contributed by atoms with Crippen molar-refractivity contribution in [3.8, 4) is 11.3 Å². The van der Waals surface area contributed by atoms with Gasteiger partial charge in [-0.1, -0.05) is 12.1 Å². The number of nitrogens with zero attached hydrogens (tertiary/aromatic N) is 3. The second-order valence-corrected chi connectivity index (χ2v) is 6.59. The van der Waals surface area contributed by atoms with Crippen LogP contribution in [0.3, 0.4) is 0 Å². The number of ether oxygens (including phenoxy) is 1. The lowest BCUT2D eigenvalue weighted by molar-refractivity contribution is 0.0298. The van der Waals surface area contributed by atoms with Crippen LogP contribution in [0.1, 0.15) is 16.1 Å². The van der Waals surface area contributed by atoms with Crippen LogP contribution in [0, 0.1) is 5.82 Å². The molecule has 0 N–H and O–H groups in total. The minimum Gasteiger partial charge on any atom is -0.378 e. The average Bonchev–Trinajstić information content (AvgIpc) is 2.93. The highest BCUT2D eigenvalue weighted by atomic mass is 32.2. The van der Waals surface area contributed by atoms with Crippen LogP contribution in [-0.4, -0.2) is 46.9 Å². The first-order valence-corrected chi connectivity index (χ1v) is 8.50. The summed E-state index contributed by atoms with van der Waals surface area (Å²) in [5.74, 6) is 0.272. The van der Waals surface area contributed by atoms with Gasteiger partial charge in [-0.3, -0.25) is 9.48 Å². The van der Waals surface area contributed by atoms with Gasteiger partial charge >= 0.3 is 0 Å². The van der Waals surface area contributed by atoms with Gasteiger partial charge in [-0.2, -0.15) is 5.10 Å². The standard InChI is InChI=1S/C16H16FN3O2S/c1-19-14-10-3-2-4-12(17)15(10)23-9-11(14)13(18-19)16(21)20-5-7-22-8-6-20/h2-4H,5-9H2,1H3. The Kier molecular flexibility index (Phi) is 3.61. The van der Waals surface area contributed by atoms with Gasteiger partial charge in [-0.25, -0.2) is 4.39 Å². The first-order valence-electron chi connectivity index (χ1n) is 7.51. The number of morpholine rings is 1. The van der Waals surface area contributed by atoms with Crippen molar-refractivity contribution in [2.24, 2.45) is 7.05 Å². The topological polar surface area (TPSA) is 47.4 Å². The van der Waals surface area contributed by atoms with E-state index in [2.05, 4.69) is 5.10 Å². The van der Waals surface area contributed by atoms with Crippen LogP contribution in [-0.2, 0) is 17.5 Å². The number of fused-ring (bicyclic) bond motifs is 3. The molecule has 0 saturated carbocycles. The fourth-order valence-corrected chi connectivity index (χ4v) is 4.20. The van der Waals surface area contributed by atoms with Crippen LogP contribution >= 0.6 is 11.8 Å². The van der Waals surface area contributed by atoms with Crippen molar-refractivity contribution in [1.29, 1.82) is 0 Å². The average molecular weight is 333 g/mol. The van der Waals surface area contributed by atoms with Crippen molar-refractivity contribution >= 4 is 17.7 Å². The molecule has 4 rings (SSSR count). The predicted octanol–water partition coefficient (Wildman–Crippen LogP) is 2.30. The monoisotopic (exact) mass is 333 g/mol. The molecule has 2 aliphatic rings. The number of aromatic nitrogens is 2. The second kappa shape index (κ2) is 5.65. The summed E-state index contributed by atoms with van der Waals surface area (Å²) in [6.07, 6.45) is 0. The fourth-order valence-electron chi connectivity index (χ4n) is 3.12. The Morgan fingerprint density at radius 2 is 2.13 bits per heavy atom. The summed E-state index contributed by atoms with van der Waals surface area (Å²) in [6, 6.07) is 5.04. The molecule has 7 heteroatoms. The third-order valence-corrected chi connectivity index (χ3v) is 5.37. The number of hydrogen-bond donors (Lipinski definition) is 0. The molecule has 0 radical (unpaired) electrons. The number of hydrogen-bond acceptors (Lipinski definition) is 4. The Hall–Kier alpha value is -1.86. The molecule has 0 spiro atoms. The highest BCUT2D eigenvalue weighted by Crippen LogP contribution is 2.43. The minimum absolute atomic E-state index is 0.0643. The van der Waals surface area contributed by atoms with E-state index >= 15 is 0 Å². The van der Waals surface area contributed by atoms with Gasteiger partial charge in [0.25, 0.3) is 5.91 Å². The van der Waals surface area contributed by atoms with Gasteiger partial charge in [0.2, 0.25) is 0 Å². The van der Waals surface area contributed by atoms with Gasteiger partial charge in [0.1, 0.15) is 5.82 Å². The highest BCUT2D eigenvalue weighted by Gasteiger charge is 2.31. The zero-order valence-corrected chi connectivity index (χ0v) is 13.5. The van der Waals surface area contributed by atoms with E-state index in [-0.39, 0.29) is 11.7 Å². The van der Waals surface area contributed by atoms with Crippen molar-refractivity contribution < 1.29 is 13.9 Å². The molecule has 5 nitrogen and oxygen atoms in total. The van der Waals surface area contributed by atoms with Crippen molar-refractivity contribution in [2.75, 3.05) is 26.3 Å². The molecular weight excluding hydrogens is 317 g/mol. The summed E-state index contributed by atoms with van der Waals surface area (Å²) in [6.45, 7) is 2.29. The molecule has 23 heavy (non-hydrogen) atoms. The third kappa shape index (κ3) is 2.35. The molecule has 2 aromatic rings.